The van der Waals surface area contributed by atoms with E-state index in [1.807, 2.05) is 4.90 Å². The van der Waals surface area contributed by atoms with Gasteiger partial charge in [-0.2, -0.15) is 0 Å². The fourth-order valence-corrected chi connectivity index (χ4v) is 7.58. The Morgan fingerprint density at radius 3 is 2.41 bits per heavy atom. The number of hydrogen-bond donors (Lipinski definition) is 1. The fraction of sp³-hybridized carbons (Fsp3) is 0.739. The monoisotopic (exact) mass is 471 g/mol. The molecule has 0 bridgehead atoms. The molecule has 3 atom stereocenters. The van der Waals surface area contributed by atoms with Crippen molar-refractivity contribution in [1.29, 1.82) is 0 Å². The molecule has 32 heavy (non-hydrogen) atoms. The van der Waals surface area contributed by atoms with Gasteiger partial charge in [0, 0.05) is 37.2 Å². The molecular weight excluding hydrogens is 439 g/mol. The smallest absolute Gasteiger partial charge is 0.261 e. The number of benzene rings is 1. The molecule has 2 saturated carbocycles. The number of anilines is 1. The quantitative estimate of drug-likeness (QED) is 0.597. The average Bonchev–Trinajstić information content (AvgIpc) is 3.60. The third-order valence-corrected chi connectivity index (χ3v) is 9.95. The molecule has 0 aromatic heterocycles. The lowest BCUT2D eigenvalue weighted by molar-refractivity contribution is 0.0119. The highest BCUT2D eigenvalue weighted by molar-refractivity contribution is 7.93. The SMILES string of the molecule is CCC1(c2cc(NS(=O)(=O)C3CC3)ccc2F)[C@@H]2CN(CCCN3CCC(F)(F)C3)C[C@@H]21. The van der Waals surface area contributed by atoms with Crippen molar-refractivity contribution in [3.63, 3.8) is 0 Å². The van der Waals surface area contributed by atoms with Crippen LogP contribution in [0.4, 0.5) is 18.9 Å². The molecule has 4 aliphatic rings. The highest BCUT2D eigenvalue weighted by atomic mass is 32.2. The van der Waals surface area contributed by atoms with E-state index in [1.54, 1.807) is 6.07 Å². The van der Waals surface area contributed by atoms with Crippen molar-refractivity contribution in [2.45, 2.75) is 55.6 Å². The van der Waals surface area contributed by atoms with Gasteiger partial charge in [-0.25, -0.2) is 21.6 Å². The first-order valence-electron chi connectivity index (χ1n) is 11.8. The molecule has 178 valence electrons. The second kappa shape index (κ2) is 7.87. The van der Waals surface area contributed by atoms with Gasteiger partial charge in [0.15, 0.2) is 0 Å². The zero-order chi connectivity index (χ0) is 22.7. The highest BCUT2D eigenvalue weighted by Crippen LogP contribution is 2.66. The number of nitrogens with one attached hydrogen (secondary N) is 1. The van der Waals surface area contributed by atoms with Crippen LogP contribution in [-0.4, -0.2) is 68.7 Å². The van der Waals surface area contributed by atoms with E-state index >= 15 is 0 Å². The number of halogens is 3. The zero-order valence-corrected chi connectivity index (χ0v) is 19.3. The van der Waals surface area contributed by atoms with E-state index in [2.05, 4.69) is 16.5 Å². The molecule has 2 aliphatic carbocycles. The summed E-state index contributed by atoms with van der Waals surface area (Å²) in [5, 5.41) is -0.322. The summed E-state index contributed by atoms with van der Waals surface area (Å²) in [5.74, 6) is -2.10. The normalized spacial score (nSPS) is 32.2. The number of piperidine rings is 1. The molecule has 1 unspecified atom stereocenters. The molecule has 0 spiro atoms. The highest BCUT2D eigenvalue weighted by Gasteiger charge is 2.68. The molecular formula is C23H32F3N3O2S. The Morgan fingerprint density at radius 1 is 1.12 bits per heavy atom. The summed E-state index contributed by atoms with van der Waals surface area (Å²) < 4.78 is 68.8. The first-order valence-corrected chi connectivity index (χ1v) is 13.3. The van der Waals surface area contributed by atoms with Gasteiger partial charge in [-0.3, -0.25) is 9.62 Å². The van der Waals surface area contributed by atoms with Gasteiger partial charge >= 0.3 is 0 Å². The van der Waals surface area contributed by atoms with Crippen LogP contribution in [0.5, 0.6) is 0 Å². The van der Waals surface area contributed by atoms with E-state index in [9.17, 15) is 21.6 Å². The first kappa shape index (κ1) is 22.5. The molecule has 2 saturated heterocycles. The van der Waals surface area contributed by atoms with Crippen molar-refractivity contribution < 1.29 is 21.6 Å². The second-order valence-electron chi connectivity index (χ2n) is 10.1. The van der Waals surface area contributed by atoms with E-state index in [0.717, 1.165) is 32.5 Å². The largest absolute Gasteiger partial charge is 0.303 e. The second-order valence-corrected chi connectivity index (χ2v) is 12.1. The first-order chi connectivity index (χ1) is 15.1. The molecule has 0 radical (unpaired) electrons. The molecule has 1 N–H and O–H groups in total. The van der Waals surface area contributed by atoms with Gasteiger partial charge in [-0.1, -0.05) is 6.92 Å². The molecule has 0 amide bonds. The number of nitrogens with zero attached hydrogens (tertiary/aromatic N) is 2. The maximum absolute atomic E-state index is 14.9. The topological polar surface area (TPSA) is 52.7 Å². The van der Waals surface area contributed by atoms with Crippen LogP contribution in [0.15, 0.2) is 18.2 Å². The van der Waals surface area contributed by atoms with Gasteiger partial charge in [-0.05, 0) is 74.4 Å². The molecule has 4 fully saturated rings. The Bertz CT molecular complexity index is 971. The summed E-state index contributed by atoms with van der Waals surface area (Å²) in [7, 11) is -3.39. The number of alkyl halides is 2. The van der Waals surface area contributed by atoms with Crippen molar-refractivity contribution in [2.24, 2.45) is 11.8 Å². The van der Waals surface area contributed by atoms with E-state index in [0.29, 0.717) is 49.0 Å². The molecule has 9 heteroatoms. The Balaban J connectivity index is 1.20. The lowest BCUT2D eigenvalue weighted by Crippen LogP contribution is -2.33. The Hall–Kier alpha value is -1.32. The van der Waals surface area contributed by atoms with Crippen LogP contribution in [0.2, 0.25) is 0 Å². The van der Waals surface area contributed by atoms with Crippen LogP contribution in [0.3, 0.4) is 0 Å². The van der Waals surface area contributed by atoms with Crippen LogP contribution in [-0.2, 0) is 15.4 Å². The van der Waals surface area contributed by atoms with Gasteiger partial charge in [0.25, 0.3) is 5.92 Å². The van der Waals surface area contributed by atoms with Crippen molar-refractivity contribution in [1.82, 2.24) is 9.80 Å². The van der Waals surface area contributed by atoms with E-state index in [-0.39, 0.29) is 29.4 Å². The lowest BCUT2D eigenvalue weighted by Gasteiger charge is -2.27. The number of fused-ring (bicyclic) bond motifs is 1. The van der Waals surface area contributed by atoms with E-state index in [4.69, 9.17) is 0 Å². The Morgan fingerprint density at radius 2 is 1.81 bits per heavy atom. The summed E-state index contributed by atoms with van der Waals surface area (Å²) >= 11 is 0. The van der Waals surface area contributed by atoms with Crippen molar-refractivity contribution >= 4 is 15.7 Å². The van der Waals surface area contributed by atoms with Crippen molar-refractivity contribution in [3.8, 4) is 0 Å². The summed E-state index contributed by atoms with van der Waals surface area (Å²) in [6.07, 6.45) is 3.00. The van der Waals surface area contributed by atoms with Gasteiger partial charge in [0.05, 0.1) is 11.8 Å². The third kappa shape index (κ3) is 4.05. The maximum Gasteiger partial charge on any atom is 0.261 e. The molecule has 5 rings (SSSR count). The van der Waals surface area contributed by atoms with Crippen molar-refractivity contribution in [3.05, 3.63) is 29.6 Å². The maximum atomic E-state index is 14.9. The summed E-state index contributed by atoms with van der Waals surface area (Å²) in [6, 6.07) is 4.60. The minimum atomic E-state index is -3.39. The molecule has 2 heterocycles. The fourth-order valence-electron chi connectivity index (χ4n) is 6.20. The number of likely N-dealkylation sites (tertiary alicyclic amines) is 2. The van der Waals surface area contributed by atoms with Crippen LogP contribution in [0.1, 0.15) is 44.6 Å². The summed E-state index contributed by atoms with van der Waals surface area (Å²) in [4.78, 5) is 4.21. The average molecular weight is 472 g/mol. The molecule has 1 aromatic rings. The van der Waals surface area contributed by atoms with Gasteiger partial charge in [0.1, 0.15) is 5.82 Å². The number of hydrogen-bond acceptors (Lipinski definition) is 4. The summed E-state index contributed by atoms with van der Waals surface area (Å²) in [5.41, 5.74) is 0.842. The standard InChI is InChI=1S/C23H32F3N3O2S/c1-2-23(18-12-16(4-7-21(18)24)27-32(30,31)17-5-6-17)19-13-29(14-20(19)23)10-3-9-28-11-8-22(25,26)15-28/h4,7,12,17,19-20,27H,2-3,5-6,8-11,13-15H2,1H3/t19-,20+,23?. The van der Waals surface area contributed by atoms with Crippen LogP contribution >= 0.6 is 0 Å². The molecule has 5 nitrogen and oxygen atoms in total. The van der Waals surface area contributed by atoms with Gasteiger partial charge in [-0.15, -0.1) is 0 Å². The minimum Gasteiger partial charge on any atom is -0.303 e. The zero-order valence-electron chi connectivity index (χ0n) is 18.5. The Kier molecular flexibility index (Phi) is 5.53. The number of rotatable bonds is 9. The van der Waals surface area contributed by atoms with Crippen LogP contribution < -0.4 is 4.72 Å². The molecule has 2 aliphatic heterocycles. The van der Waals surface area contributed by atoms with E-state index in [1.165, 1.54) is 12.1 Å². The Labute approximate surface area is 188 Å². The number of sulfonamides is 1. The molecule has 1 aromatic carbocycles. The minimum absolute atomic E-state index is 0.0404. The van der Waals surface area contributed by atoms with E-state index < -0.39 is 15.9 Å². The van der Waals surface area contributed by atoms with Crippen LogP contribution in [0, 0.1) is 17.7 Å². The lowest BCUT2D eigenvalue weighted by atomic mass is 9.86. The van der Waals surface area contributed by atoms with Crippen molar-refractivity contribution in [2.75, 3.05) is 44.0 Å². The summed E-state index contributed by atoms with van der Waals surface area (Å²) in [6.45, 7) is 5.75. The van der Waals surface area contributed by atoms with Gasteiger partial charge in [0.2, 0.25) is 10.0 Å². The predicted octanol–water partition coefficient (Wildman–Crippen LogP) is 3.67. The van der Waals surface area contributed by atoms with Gasteiger partial charge < -0.3 is 4.90 Å². The third-order valence-electron chi connectivity index (χ3n) is 8.08. The predicted molar refractivity (Wildman–Crippen MR) is 118 cm³/mol. The van der Waals surface area contributed by atoms with Crippen LogP contribution in [0.25, 0.3) is 0 Å².